The van der Waals surface area contributed by atoms with Gasteiger partial charge in [0.1, 0.15) is 0 Å². The van der Waals surface area contributed by atoms with E-state index in [0.717, 1.165) is 20.9 Å². The number of hydrogen-bond donors (Lipinski definition) is 0. The van der Waals surface area contributed by atoms with E-state index >= 15 is 0 Å². The van der Waals surface area contributed by atoms with Crippen LogP contribution < -0.4 is 9.80 Å². The van der Waals surface area contributed by atoms with Crippen molar-refractivity contribution >= 4 is 35.0 Å². The second kappa shape index (κ2) is 9.17. The van der Waals surface area contributed by atoms with Gasteiger partial charge in [0.25, 0.3) is 11.8 Å². The molecule has 3 aromatic carbocycles. The molecule has 0 saturated carbocycles. The number of amides is 4. The van der Waals surface area contributed by atoms with Crippen LogP contribution in [-0.2, 0) is 28.9 Å². The molecule has 10 heteroatoms. The number of hydroxylamine groups is 4. The van der Waals surface area contributed by atoms with E-state index in [1.165, 1.54) is 0 Å². The summed E-state index contributed by atoms with van der Waals surface area (Å²) in [7, 11) is 3.44. The Kier molecular flexibility index (Phi) is 5.69. The van der Waals surface area contributed by atoms with Crippen molar-refractivity contribution in [1.29, 1.82) is 0 Å². The topological polar surface area (TPSA) is 99.7 Å². The molecule has 4 heterocycles. The lowest BCUT2D eigenvalue weighted by Crippen LogP contribution is -2.37. The van der Waals surface area contributed by atoms with Gasteiger partial charge >= 0.3 is 0 Å². The average molecular weight is 539 g/mol. The first-order chi connectivity index (χ1) is 19.4. The molecule has 40 heavy (non-hydrogen) atoms. The third-order valence-electron chi connectivity index (χ3n) is 8.26. The van der Waals surface area contributed by atoms with E-state index in [-0.39, 0.29) is 11.8 Å². The summed E-state index contributed by atoms with van der Waals surface area (Å²) in [6, 6.07) is 24.4. The van der Waals surface area contributed by atoms with Crippen LogP contribution in [0.4, 0.5) is 11.4 Å². The molecule has 3 aromatic rings. The number of carbonyl (C=O) groups is 4. The van der Waals surface area contributed by atoms with E-state index in [0.29, 0.717) is 11.4 Å². The van der Waals surface area contributed by atoms with Gasteiger partial charge < -0.3 is 0 Å². The van der Waals surface area contributed by atoms with Crippen molar-refractivity contribution in [3.8, 4) is 0 Å². The van der Waals surface area contributed by atoms with E-state index in [1.54, 1.807) is 48.5 Å². The van der Waals surface area contributed by atoms with Crippen LogP contribution in [0.2, 0.25) is 0 Å². The predicted octanol–water partition coefficient (Wildman–Crippen LogP) is 2.64. The highest BCUT2D eigenvalue weighted by molar-refractivity contribution is 6.25. The fourth-order valence-electron chi connectivity index (χ4n) is 6.49. The first-order valence-electron chi connectivity index (χ1n) is 13.1. The Morgan fingerprint density at radius 1 is 0.500 bits per heavy atom. The van der Waals surface area contributed by atoms with Gasteiger partial charge in [-0.25, -0.2) is 9.80 Å². The second-order valence-corrected chi connectivity index (χ2v) is 10.4. The number of anilines is 2. The van der Waals surface area contributed by atoms with Crippen molar-refractivity contribution < 1.29 is 28.9 Å². The van der Waals surface area contributed by atoms with Crippen molar-refractivity contribution in [1.82, 2.24) is 10.1 Å². The number of benzene rings is 3. The number of fused-ring (bicyclic) bond motifs is 2. The van der Waals surface area contributed by atoms with Crippen molar-refractivity contribution in [3.05, 3.63) is 96.1 Å². The molecule has 0 unspecified atom stereocenters. The van der Waals surface area contributed by atoms with Crippen LogP contribution in [0.5, 0.6) is 0 Å². The van der Waals surface area contributed by atoms with Crippen LogP contribution in [0.15, 0.2) is 84.9 Å². The average Bonchev–Trinajstić information content (AvgIpc) is 3.64. The highest BCUT2D eigenvalue weighted by Gasteiger charge is 2.60. The standard InChI is InChI=1S/C30H26N4O6/c1-31-23(17-9-5-3-6-10-17)21-25(39-31)29(37)33(27(21)35)19-13-15-20(16-14-19)34-28(36)22-24(18-11-7-4-8-12-18)32(2)40-26(22)30(34)38/h3-16,21-26H,1-2H3/t21-,22-,23+,24+,25+,26+/m0/s1. The van der Waals surface area contributed by atoms with Crippen molar-refractivity contribution in [3.63, 3.8) is 0 Å². The summed E-state index contributed by atoms with van der Waals surface area (Å²) >= 11 is 0. The Bertz CT molecular complexity index is 1400. The molecule has 7 rings (SSSR count). The van der Waals surface area contributed by atoms with Gasteiger partial charge in [-0.3, -0.25) is 28.9 Å². The molecular weight excluding hydrogens is 512 g/mol. The summed E-state index contributed by atoms with van der Waals surface area (Å²) in [5.74, 6) is -2.98. The van der Waals surface area contributed by atoms with Gasteiger partial charge in [0, 0.05) is 14.1 Å². The summed E-state index contributed by atoms with van der Waals surface area (Å²) in [6.07, 6.45) is -1.85. The summed E-state index contributed by atoms with van der Waals surface area (Å²) in [5.41, 5.74) is 2.47. The Labute approximate surface area is 230 Å². The van der Waals surface area contributed by atoms with Crippen LogP contribution in [-0.4, -0.2) is 60.1 Å². The number of carbonyl (C=O) groups excluding carboxylic acids is 4. The molecule has 0 aromatic heterocycles. The van der Waals surface area contributed by atoms with Crippen LogP contribution in [0.25, 0.3) is 0 Å². The van der Waals surface area contributed by atoms with Crippen molar-refractivity contribution in [2.24, 2.45) is 11.8 Å². The molecule has 6 atom stereocenters. The molecule has 4 saturated heterocycles. The largest absolute Gasteiger partial charge is 0.284 e. The maximum atomic E-state index is 13.6. The minimum absolute atomic E-state index is 0.351. The second-order valence-electron chi connectivity index (χ2n) is 10.4. The fraction of sp³-hybridized carbons (Fsp3) is 0.267. The van der Waals surface area contributed by atoms with Crippen molar-refractivity contribution in [2.45, 2.75) is 24.3 Å². The maximum absolute atomic E-state index is 13.6. The molecule has 0 aliphatic carbocycles. The predicted molar refractivity (Wildman–Crippen MR) is 142 cm³/mol. The van der Waals surface area contributed by atoms with E-state index in [1.807, 2.05) is 60.7 Å². The molecule has 4 aliphatic heterocycles. The van der Waals surface area contributed by atoms with Crippen LogP contribution >= 0.6 is 0 Å². The van der Waals surface area contributed by atoms with Gasteiger partial charge in [0.15, 0.2) is 12.2 Å². The lowest BCUT2D eigenvalue weighted by atomic mass is 9.91. The molecule has 202 valence electrons. The van der Waals surface area contributed by atoms with Gasteiger partial charge in [0.05, 0.1) is 35.3 Å². The van der Waals surface area contributed by atoms with Crippen LogP contribution in [0.1, 0.15) is 23.2 Å². The van der Waals surface area contributed by atoms with Crippen LogP contribution in [0, 0.1) is 11.8 Å². The third kappa shape index (κ3) is 3.50. The van der Waals surface area contributed by atoms with Gasteiger partial charge in [-0.15, -0.1) is 0 Å². The lowest BCUT2D eigenvalue weighted by Gasteiger charge is -2.25. The quantitative estimate of drug-likeness (QED) is 0.468. The summed E-state index contributed by atoms with van der Waals surface area (Å²) < 4.78 is 0. The highest BCUT2D eigenvalue weighted by atomic mass is 16.7. The zero-order valence-electron chi connectivity index (χ0n) is 21.8. The zero-order chi connectivity index (χ0) is 27.7. The lowest BCUT2D eigenvalue weighted by molar-refractivity contribution is -0.160. The molecule has 0 radical (unpaired) electrons. The van der Waals surface area contributed by atoms with E-state index in [9.17, 15) is 19.2 Å². The molecule has 0 bridgehead atoms. The first-order valence-corrected chi connectivity index (χ1v) is 13.1. The van der Waals surface area contributed by atoms with Crippen LogP contribution in [0.3, 0.4) is 0 Å². The van der Waals surface area contributed by atoms with E-state index < -0.39 is 47.9 Å². The normalized spacial score (nSPS) is 30.4. The summed E-state index contributed by atoms with van der Waals surface area (Å²) in [4.78, 5) is 67.7. The molecular formula is C30H26N4O6. The van der Waals surface area contributed by atoms with E-state index in [4.69, 9.17) is 9.68 Å². The molecule has 4 amide bonds. The summed E-state index contributed by atoms with van der Waals surface area (Å²) in [5, 5.41) is 3.15. The van der Waals surface area contributed by atoms with Gasteiger partial charge in [-0.2, -0.15) is 10.1 Å². The number of hydrogen-bond acceptors (Lipinski definition) is 8. The van der Waals surface area contributed by atoms with Crippen molar-refractivity contribution in [2.75, 3.05) is 23.9 Å². The number of imide groups is 2. The Balaban J connectivity index is 1.15. The highest BCUT2D eigenvalue weighted by Crippen LogP contribution is 2.47. The third-order valence-corrected chi connectivity index (χ3v) is 8.26. The van der Waals surface area contributed by atoms with Gasteiger partial charge in [-0.05, 0) is 35.4 Å². The zero-order valence-corrected chi connectivity index (χ0v) is 21.8. The molecule has 4 fully saturated rings. The monoisotopic (exact) mass is 538 g/mol. The van der Waals surface area contributed by atoms with E-state index in [2.05, 4.69) is 0 Å². The minimum atomic E-state index is -0.924. The minimum Gasteiger partial charge on any atom is -0.284 e. The van der Waals surface area contributed by atoms with Gasteiger partial charge in [-0.1, -0.05) is 60.7 Å². The molecule has 10 nitrogen and oxygen atoms in total. The Morgan fingerprint density at radius 3 is 1.20 bits per heavy atom. The Morgan fingerprint density at radius 2 is 0.850 bits per heavy atom. The molecule has 0 spiro atoms. The van der Waals surface area contributed by atoms with Gasteiger partial charge in [0.2, 0.25) is 11.8 Å². The number of nitrogens with zero attached hydrogens (tertiary/aromatic N) is 4. The molecule has 0 N–H and O–H groups in total. The SMILES string of the molecule is CN1O[C@H]2C(=O)N(c3ccc(N4C(=O)[C@H]5[C@@H](c6ccccc6)N(C)O[C@H]5C4=O)cc3)C(=O)[C@H]2[C@H]1c1ccccc1. The summed E-state index contributed by atoms with van der Waals surface area (Å²) in [6.45, 7) is 0. The smallest absolute Gasteiger partial charge is 0.265 e. The Hall–Kier alpha value is -4.22. The fourth-order valence-corrected chi connectivity index (χ4v) is 6.49. The maximum Gasteiger partial charge on any atom is 0.265 e. The molecule has 4 aliphatic rings. The number of rotatable bonds is 4. The first kappa shape index (κ1) is 24.8.